The molecule has 1 rings (SSSR count). The molecule has 1 heteroatoms. The fraction of sp³-hybridized carbons (Fsp3) is 0.706. The van der Waals surface area contributed by atoms with Gasteiger partial charge >= 0.3 is 0 Å². The summed E-state index contributed by atoms with van der Waals surface area (Å²) in [5.41, 5.74) is 1.04. The van der Waals surface area contributed by atoms with Crippen LogP contribution in [0, 0.1) is 11.8 Å². The van der Waals surface area contributed by atoms with E-state index in [1.165, 1.54) is 38.5 Å². The van der Waals surface area contributed by atoms with E-state index in [9.17, 15) is 4.79 Å². The van der Waals surface area contributed by atoms with Crippen LogP contribution >= 0.6 is 0 Å². The third-order valence-corrected chi connectivity index (χ3v) is 3.55. The van der Waals surface area contributed by atoms with Crippen molar-refractivity contribution < 1.29 is 4.79 Å². The van der Waals surface area contributed by atoms with Gasteiger partial charge in [0.1, 0.15) is 0 Å². The van der Waals surface area contributed by atoms with Crippen LogP contribution < -0.4 is 0 Å². The molecule has 102 valence electrons. The van der Waals surface area contributed by atoms with Crippen LogP contribution in [0.25, 0.3) is 0 Å². The van der Waals surface area contributed by atoms with E-state index in [-0.39, 0.29) is 5.78 Å². The fourth-order valence-electron chi connectivity index (χ4n) is 2.55. The van der Waals surface area contributed by atoms with Crippen molar-refractivity contribution in [1.29, 1.82) is 0 Å². The summed E-state index contributed by atoms with van der Waals surface area (Å²) in [6.45, 7) is 6.53. The third-order valence-electron chi connectivity index (χ3n) is 3.55. The van der Waals surface area contributed by atoms with E-state index >= 15 is 0 Å². The molecule has 0 bridgehead atoms. The molecule has 0 saturated carbocycles. The van der Waals surface area contributed by atoms with Crippen molar-refractivity contribution in [2.75, 3.05) is 0 Å². The Kier molecular flexibility index (Phi) is 7.00. The predicted octanol–water partition coefficient (Wildman–Crippen LogP) is 5.07. The molecule has 0 amide bonds. The summed E-state index contributed by atoms with van der Waals surface area (Å²) < 4.78 is 0. The summed E-state index contributed by atoms with van der Waals surface area (Å²) >= 11 is 0. The molecule has 0 aromatic carbocycles. The standard InChI is InChI=1S/C17H28O/c1-4-5-6-7-8-9-10-15-11-12-17(18)16(15)13-14(2)3/h11-15H,4-10H2,1-3H3/b16-13+/t15-/m0/s1. The first kappa shape index (κ1) is 15.2. The van der Waals surface area contributed by atoms with Gasteiger partial charge in [-0.1, -0.05) is 71.4 Å². The van der Waals surface area contributed by atoms with Crippen molar-refractivity contribution in [3.8, 4) is 0 Å². The lowest BCUT2D eigenvalue weighted by Crippen LogP contribution is -2.04. The summed E-state index contributed by atoms with van der Waals surface area (Å²) in [6.07, 6.45) is 15.1. The number of hydrogen-bond acceptors (Lipinski definition) is 1. The number of ketones is 1. The van der Waals surface area contributed by atoms with Crippen molar-refractivity contribution in [3.63, 3.8) is 0 Å². The van der Waals surface area contributed by atoms with E-state index in [0.717, 1.165) is 12.0 Å². The van der Waals surface area contributed by atoms with Crippen LogP contribution in [0.2, 0.25) is 0 Å². The molecular formula is C17H28O. The zero-order valence-electron chi connectivity index (χ0n) is 12.2. The fourth-order valence-corrected chi connectivity index (χ4v) is 2.55. The molecule has 0 N–H and O–H groups in total. The predicted molar refractivity (Wildman–Crippen MR) is 78.6 cm³/mol. The zero-order chi connectivity index (χ0) is 13.4. The number of hydrogen-bond donors (Lipinski definition) is 0. The van der Waals surface area contributed by atoms with E-state index in [0.29, 0.717) is 11.8 Å². The summed E-state index contributed by atoms with van der Waals surface area (Å²) in [5.74, 6) is 1.10. The van der Waals surface area contributed by atoms with Gasteiger partial charge in [0, 0.05) is 11.5 Å². The van der Waals surface area contributed by atoms with Crippen molar-refractivity contribution in [2.45, 2.75) is 65.7 Å². The van der Waals surface area contributed by atoms with Gasteiger partial charge in [-0.25, -0.2) is 0 Å². The number of unbranched alkanes of at least 4 members (excludes halogenated alkanes) is 5. The molecule has 1 atom stereocenters. The summed E-state index contributed by atoms with van der Waals surface area (Å²) in [7, 11) is 0. The number of carbonyl (C=O) groups is 1. The molecule has 1 nitrogen and oxygen atoms in total. The average molecular weight is 248 g/mol. The molecule has 0 spiro atoms. The maximum atomic E-state index is 11.7. The van der Waals surface area contributed by atoms with Gasteiger partial charge in [0.05, 0.1) is 0 Å². The van der Waals surface area contributed by atoms with Crippen LogP contribution in [0.4, 0.5) is 0 Å². The maximum Gasteiger partial charge on any atom is 0.181 e. The van der Waals surface area contributed by atoms with Crippen LogP contribution in [0.1, 0.15) is 65.7 Å². The Morgan fingerprint density at radius 2 is 1.83 bits per heavy atom. The maximum absolute atomic E-state index is 11.7. The first-order chi connectivity index (χ1) is 8.65. The van der Waals surface area contributed by atoms with Crippen LogP contribution in [-0.4, -0.2) is 5.78 Å². The molecule has 18 heavy (non-hydrogen) atoms. The number of carbonyl (C=O) groups excluding carboxylic acids is 1. The molecule has 0 aromatic heterocycles. The Balaban J connectivity index is 2.29. The lowest BCUT2D eigenvalue weighted by Gasteiger charge is -2.11. The largest absolute Gasteiger partial charge is 0.290 e. The third kappa shape index (κ3) is 5.20. The smallest absolute Gasteiger partial charge is 0.181 e. The first-order valence-corrected chi connectivity index (χ1v) is 7.59. The molecule has 0 unspecified atom stereocenters. The van der Waals surface area contributed by atoms with Gasteiger partial charge in [-0.2, -0.15) is 0 Å². The zero-order valence-corrected chi connectivity index (χ0v) is 12.2. The minimum Gasteiger partial charge on any atom is -0.290 e. The Morgan fingerprint density at radius 1 is 1.17 bits per heavy atom. The summed E-state index contributed by atoms with van der Waals surface area (Å²) in [5, 5.41) is 0. The first-order valence-electron chi connectivity index (χ1n) is 7.59. The summed E-state index contributed by atoms with van der Waals surface area (Å²) in [6, 6.07) is 0. The average Bonchev–Trinajstić information content (AvgIpc) is 2.65. The van der Waals surface area contributed by atoms with E-state index in [1.807, 2.05) is 0 Å². The lowest BCUT2D eigenvalue weighted by atomic mass is 9.93. The Labute approximate surface area is 112 Å². The SMILES string of the molecule is CCCCCCCC[C@H]1C=CC(=O)/C1=C/C(C)C. The van der Waals surface area contributed by atoms with E-state index in [2.05, 4.69) is 32.9 Å². The Hall–Kier alpha value is -0.850. The molecule has 0 saturated heterocycles. The molecule has 1 aliphatic rings. The minimum absolute atomic E-state index is 0.236. The van der Waals surface area contributed by atoms with E-state index < -0.39 is 0 Å². The molecule has 1 aliphatic carbocycles. The molecule has 0 aliphatic heterocycles. The van der Waals surface area contributed by atoms with Gasteiger partial charge in [-0.3, -0.25) is 4.79 Å². The topological polar surface area (TPSA) is 17.1 Å². The second kappa shape index (κ2) is 8.29. The normalized spacial score (nSPS) is 21.4. The quantitative estimate of drug-likeness (QED) is 0.433. The van der Waals surface area contributed by atoms with Gasteiger partial charge in [-0.15, -0.1) is 0 Å². The highest BCUT2D eigenvalue weighted by Crippen LogP contribution is 2.28. The number of allylic oxidation sites excluding steroid dienone is 4. The highest BCUT2D eigenvalue weighted by molar-refractivity contribution is 6.07. The Bertz CT molecular complexity index is 310. The van der Waals surface area contributed by atoms with Crippen molar-refractivity contribution in [2.24, 2.45) is 11.8 Å². The van der Waals surface area contributed by atoms with Crippen LogP contribution in [0.15, 0.2) is 23.8 Å². The lowest BCUT2D eigenvalue weighted by molar-refractivity contribution is -0.111. The van der Waals surface area contributed by atoms with Crippen LogP contribution in [0.3, 0.4) is 0 Å². The van der Waals surface area contributed by atoms with Crippen molar-refractivity contribution in [3.05, 3.63) is 23.8 Å². The van der Waals surface area contributed by atoms with Gasteiger partial charge < -0.3 is 0 Å². The van der Waals surface area contributed by atoms with Crippen LogP contribution in [-0.2, 0) is 4.79 Å². The molecule has 0 aromatic rings. The molecule has 0 radical (unpaired) electrons. The second-order valence-corrected chi connectivity index (χ2v) is 5.75. The van der Waals surface area contributed by atoms with Crippen molar-refractivity contribution in [1.82, 2.24) is 0 Å². The number of rotatable bonds is 8. The van der Waals surface area contributed by atoms with Crippen LogP contribution in [0.5, 0.6) is 0 Å². The van der Waals surface area contributed by atoms with E-state index in [4.69, 9.17) is 0 Å². The highest BCUT2D eigenvalue weighted by atomic mass is 16.1. The van der Waals surface area contributed by atoms with Gasteiger partial charge in [0.15, 0.2) is 5.78 Å². The second-order valence-electron chi connectivity index (χ2n) is 5.75. The van der Waals surface area contributed by atoms with Gasteiger partial charge in [0.25, 0.3) is 0 Å². The Morgan fingerprint density at radius 3 is 2.50 bits per heavy atom. The van der Waals surface area contributed by atoms with E-state index in [1.54, 1.807) is 6.08 Å². The highest BCUT2D eigenvalue weighted by Gasteiger charge is 2.22. The van der Waals surface area contributed by atoms with Gasteiger partial charge in [0.2, 0.25) is 0 Å². The minimum atomic E-state index is 0.236. The molecular weight excluding hydrogens is 220 g/mol. The molecule has 0 heterocycles. The summed E-state index contributed by atoms with van der Waals surface area (Å²) in [4.78, 5) is 11.7. The van der Waals surface area contributed by atoms with Gasteiger partial charge in [-0.05, 0) is 18.4 Å². The monoisotopic (exact) mass is 248 g/mol. The van der Waals surface area contributed by atoms with Crippen molar-refractivity contribution >= 4 is 5.78 Å². The molecule has 0 fully saturated rings.